The molecular formula is C17H16ClN3. The molecule has 0 aliphatic rings. The van der Waals surface area contributed by atoms with E-state index < -0.39 is 0 Å². The molecule has 3 aromatic rings. The van der Waals surface area contributed by atoms with Gasteiger partial charge >= 0.3 is 0 Å². The highest BCUT2D eigenvalue weighted by molar-refractivity contribution is 6.31. The zero-order valence-electron chi connectivity index (χ0n) is 12.0. The van der Waals surface area contributed by atoms with Crippen molar-refractivity contribution in [3.05, 3.63) is 64.8 Å². The Morgan fingerprint density at radius 1 is 1.05 bits per heavy atom. The first-order valence-electron chi connectivity index (χ1n) is 6.75. The average molecular weight is 298 g/mol. The normalized spacial score (nSPS) is 10.8. The van der Waals surface area contributed by atoms with Gasteiger partial charge in [0.25, 0.3) is 0 Å². The highest BCUT2D eigenvalue weighted by Gasteiger charge is 2.15. The molecule has 0 amide bonds. The monoisotopic (exact) mass is 297 g/mol. The molecule has 0 radical (unpaired) electrons. The first-order valence-corrected chi connectivity index (χ1v) is 7.13. The number of rotatable bonds is 2. The molecule has 0 aliphatic carbocycles. The number of aromatic nitrogens is 2. The van der Waals surface area contributed by atoms with Gasteiger partial charge in [0.05, 0.1) is 11.4 Å². The van der Waals surface area contributed by atoms with Gasteiger partial charge in [-0.05, 0) is 37.1 Å². The number of anilines is 1. The van der Waals surface area contributed by atoms with Crippen molar-refractivity contribution in [2.24, 2.45) is 0 Å². The summed E-state index contributed by atoms with van der Waals surface area (Å²) in [6, 6.07) is 15.9. The van der Waals surface area contributed by atoms with Gasteiger partial charge in [0.1, 0.15) is 5.82 Å². The molecule has 0 unspecified atom stereocenters. The average Bonchev–Trinajstić information content (AvgIpc) is 2.78. The molecule has 3 nitrogen and oxygen atoms in total. The van der Waals surface area contributed by atoms with E-state index in [2.05, 4.69) is 5.10 Å². The lowest BCUT2D eigenvalue weighted by Crippen LogP contribution is -2.02. The van der Waals surface area contributed by atoms with Gasteiger partial charge in [0, 0.05) is 10.6 Å². The number of nitrogen functional groups attached to an aromatic ring is 1. The smallest absolute Gasteiger partial charge is 0.135 e. The van der Waals surface area contributed by atoms with E-state index in [-0.39, 0.29) is 0 Å². The second kappa shape index (κ2) is 5.26. The third-order valence-corrected chi connectivity index (χ3v) is 3.97. The van der Waals surface area contributed by atoms with Crippen molar-refractivity contribution in [2.75, 3.05) is 5.73 Å². The molecule has 0 fully saturated rings. The molecular weight excluding hydrogens is 282 g/mol. The van der Waals surface area contributed by atoms with E-state index >= 15 is 0 Å². The molecule has 2 N–H and O–H groups in total. The Labute approximate surface area is 129 Å². The maximum absolute atomic E-state index is 6.31. The van der Waals surface area contributed by atoms with Crippen LogP contribution in [-0.2, 0) is 0 Å². The van der Waals surface area contributed by atoms with Crippen molar-refractivity contribution in [3.63, 3.8) is 0 Å². The number of aryl methyl sites for hydroxylation is 2. The van der Waals surface area contributed by atoms with Crippen LogP contribution < -0.4 is 5.73 Å². The van der Waals surface area contributed by atoms with Crippen molar-refractivity contribution in [1.82, 2.24) is 9.78 Å². The van der Waals surface area contributed by atoms with Crippen molar-refractivity contribution < 1.29 is 0 Å². The van der Waals surface area contributed by atoms with Crippen LogP contribution in [0.2, 0.25) is 5.02 Å². The van der Waals surface area contributed by atoms with Crippen LogP contribution in [0, 0.1) is 13.8 Å². The second-order valence-electron chi connectivity index (χ2n) is 5.06. The molecule has 1 heterocycles. The summed E-state index contributed by atoms with van der Waals surface area (Å²) in [5, 5.41) is 5.27. The van der Waals surface area contributed by atoms with Gasteiger partial charge < -0.3 is 5.73 Å². The number of hydrogen-bond donors (Lipinski definition) is 1. The zero-order chi connectivity index (χ0) is 15.0. The summed E-state index contributed by atoms with van der Waals surface area (Å²) < 4.78 is 1.74. The van der Waals surface area contributed by atoms with Crippen LogP contribution in [0.4, 0.5) is 5.82 Å². The van der Waals surface area contributed by atoms with Crippen molar-refractivity contribution >= 4 is 17.4 Å². The molecule has 1 aromatic heterocycles. The number of halogens is 1. The summed E-state index contributed by atoms with van der Waals surface area (Å²) in [5.74, 6) is 0.624. The molecule has 0 aliphatic heterocycles. The molecule has 3 rings (SSSR count). The van der Waals surface area contributed by atoms with Crippen molar-refractivity contribution in [3.8, 4) is 16.8 Å². The van der Waals surface area contributed by atoms with Crippen LogP contribution in [0.15, 0.2) is 48.5 Å². The van der Waals surface area contributed by atoms with Gasteiger partial charge in [-0.2, -0.15) is 5.10 Å². The van der Waals surface area contributed by atoms with Crippen LogP contribution in [0.25, 0.3) is 16.8 Å². The Balaban J connectivity index is 2.16. The molecule has 4 heteroatoms. The van der Waals surface area contributed by atoms with E-state index in [1.165, 1.54) is 0 Å². The fourth-order valence-corrected chi connectivity index (χ4v) is 2.59. The number of hydrogen-bond acceptors (Lipinski definition) is 2. The van der Waals surface area contributed by atoms with E-state index in [1.54, 1.807) is 4.68 Å². The lowest BCUT2D eigenvalue weighted by Gasteiger charge is -2.07. The minimum absolute atomic E-state index is 0.624. The van der Waals surface area contributed by atoms with Gasteiger partial charge in [0.15, 0.2) is 0 Å². The van der Waals surface area contributed by atoms with Crippen LogP contribution in [-0.4, -0.2) is 9.78 Å². The minimum Gasteiger partial charge on any atom is -0.383 e. The van der Waals surface area contributed by atoms with Gasteiger partial charge in [-0.3, -0.25) is 0 Å². The van der Waals surface area contributed by atoms with Crippen molar-refractivity contribution in [1.29, 1.82) is 0 Å². The standard InChI is InChI=1S/C17H16ClN3/c1-11-8-9-14(10-15(11)18)21-17(19)16(12(2)20-21)13-6-4-3-5-7-13/h3-10H,19H2,1-2H3. The predicted octanol–water partition coefficient (Wildman–Crippen LogP) is 4.39. The van der Waals surface area contributed by atoms with Crippen LogP contribution in [0.5, 0.6) is 0 Å². The lowest BCUT2D eigenvalue weighted by molar-refractivity contribution is 0.871. The van der Waals surface area contributed by atoms with E-state index in [0.717, 1.165) is 28.1 Å². The molecule has 0 bridgehead atoms. The van der Waals surface area contributed by atoms with Crippen molar-refractivity contribution in [2.45, 2.75) is 13.8 Å². The third kappa shape index (κ3) is 2.41. The minimum atomic E-state index is 0.624. The van der Waals surface area contributed by atoms with Crippen LogP contribution in [0.1, 0.15) is 11.3 Å². The summed E-state index contributed by atoms with van der Waals surface area (Å²) in [4.78, 5) is 0. The predicted molar refractivity (Wildman–Crippen MR) is 87.9 cm³/mol. The Morgan fingerprint density at radius 2 is 1.76 bits per heavy atom. The van der Waals surface area contributed by atoms with Gasteiger partial charge in [-0.25, -0.2) is 4.68 Å². The van der Waals surface area contributed by atoms with Crippen LogP contribution >= 0.6 is 11.6 Å². The number of benzene rings is 2. The zero-order valence-corrected chi connectivity index (χ0v) is 12.7. The second-order valence-corrected chi connectivity index (χ2v) is 5.46. The molecule has 0 saturated heterocycles. The summed E-state index contributed by atoms with van der Waals surface area (Å²) in [5.41, 5.74) is 11.1. The van der Waals surface area contributed by atoms with Gasteiger partial charge in [-0.1, -0.05) is 48.0 Å². The van der Waals surface area contributed by atoms with Crippen LogP contribution in [0.3, 0.4) is 0 Å². The summed E-state index contributed by atoms with van der Waals surface area (Å²) in [6.07, 6.45) is 0. The fraction of sp³-hybridized carbons (Fsp3) is 0.118. The largest absolute Gasteiger partial charge is 0.383 e. The Morgan fingerprint density at radius 3 is 2.43 bits per heavy atom. The first-order chi connectivity index (χ1) is 10.1. The maximum Gasteiger partial charge on any atom is 0.135 e. The molecule has 106 valence electrons. The Kier molecular flexibility index (Phi) is 3.43. The maximum atomic E-state index is 6.31. The Bertz CT molecular complexity index is 791. The SMILES string of the molecule is Cc1ccc(-n2nc(C)c(-c3ccccc3)c2N)cc1Cl. The fourth-order valence-electron chi connectivity index (χ4n) is 2.42. The third-order valence-electron chi connectivity index (χ3n) is 3.56. The molecule has 2 aromatic carbocycles. The molecule has 21 heavy (non-hydrogen) atoms. The van der Waals surface area contributed by atoms with E-state index in [4.69, 9.17) is 17.3 Å². The molecule has 0 atom stereocenters. The Hall–Kier alpha value is -2.26. The summed E-state index contributed by atoms with van der Waals surface area (Å²) >= 11 is 6.20. The first kappa shape index (κ1) is 13.7. The van der Waals surface area contributed by atoms with Gasteiger partial charge in [0.2, 0.25) is 0 Å². The van der Waals surface area contributed by atoms with E-state index in [1.807, 2.05) is 62.4 Å². The van der Waals surface area contributed by atoms with E-state index in [9.17, 15) is 0 Å². The highest BCUT2D eigenvalue weighted by atomic mass is 35.5. The van der Waals surface area contributed by atoms with E-state index in [0.29, 0.717) is 10.8 Å². The summed E-state index contributed by atoms with van der Waals surface area (Å²) in [7, 11) is 0. The van der Waals surface area contributed by atoms with Gasteiger partial charge in [-0.15, -0.1) is 0 Å². The lowest BCUT2D eigenvalue weighted by atomic mass is 10.1. The highest BCUT2D eigenvalue weighted by Crippen LogP contribution is 2.31. The molecule has 0 saturated carbocycles. The number of nitrogens with two attached hydrogens (primary N) is 1. The molecule has 0 spiro atoms. The quantitative estimate of drug-likeness (QED) is 0.762. The summed E-state index contributed by atoms with van der Waals surface area (Å²) in [6.45, 7) is 3.93. The number of nitrogens with zero attached hydrogens (tertiary/aromatic N) is 2. The topological polar surface area (TPSA) is 43.8 Å².